The molecule has 4 nitrogen and oxygen atoms in total. The molecule has 0 radical (unpaired) electrons. The average Bonchev–Trinajstić information content (AvgIpc) is 2.52. The van der Waals surface area contributed by atoms with Gasteiger partial charge in [0.25, 0.3) is 5.56 Å². The fourth-order valence-electron chi connectivity index (χ4n) is 1.82. The van der Waals surface area contributed by atoms with E-state index in [9.17, 15) is 22.4 Å². The Morgan fingerprint density at radius 1 is 1.27 bits per heavy atom. The van der Waals surface area contributed by atoms with Crippen LogP contribution in [0.3, 0.4) is 0 Å². The number of rotatable bonds is 5. The van der Waals surface area contributed by atoms with Crippen molar-refractivity contribution in [3.8, 4) is 5.75 Å². The summed E-state index contributed by atoms with van der Waals surface area (Å²) in [5.41, 5.74) is -2.14. The molecule has 1 aromatic heterocycles. The lowest BCUT2D eigenvalue weighted by atomic mass is 10.2. The molecular formula is C14H12F4N2O2. The highest BCUT2D eigenvalue weighted by atomic mass is 19.3. The van der Waals surface area contributed by atoms with Crippen molar-refractivity contribution in [2.45, 2.75) is 12.5 Å². The molecule has 0 saturated heterocycles. The van der Waals surface area contributed by atoms with Gasteiger partial charge in [-0.05, 0) is 17.7 Å². The zero-order chi connectivity index (χ0) is 16.3. The molecule has 0 aliphatic heterocycles. The average molecular weight is 316 g/mol. The van der Waals surface area contributed by atoms with E-state index in [0.717, 1.165) is 10.9 Å². The topological polar surface area (TPSA) is 44.1 Å². The van der Waals surface area contributed by atoms with E-state index in [-0.39, 0.29) is 6.54 Å². The van der Waals surface area contributed by atoms with Crippen LogP contribution >= 0.6 is 0 Å². The molecule has 118 valence electrons. The first-order valence-corrected chi connectivity index (χ1v) is 6.21. The summed E-state index contributed by atoms with van der Waals surface area (Å²) in [5.74, 6) is -5.28. The highest BCUT2D eigenvalue weighted by Crippen LogP contribution is 2.27. The van der Waals surface area contributed by atoms with Gasteiger partial charge >= 0.3 is 5.92 Å². The summed E-state index contributed by atoms with van der Waals surface area (Å²) in [4.78, 5) is 14.9. The molecule has 0 fully saturated rings. The van der Waals surface area contributed by atoms with Gasteiger partial charge in [-0.2, -0.15) is 13.2 Å². The molecule has 2 rings (SSSR count). The van der Waals surface area contributed by atoms with E-state index in [0.29, 0.717) is 11.3 Å². The van der Waals surface area contributed by atoms with Crippen molar-refractivity contribution in [2.75, 3.05) is 13.8 Å². The predicted octanol–water partition coefficient (Wildman–Crippen LogP) is 2.50. The van der Waals surface area contributed by atoms with Crippen molar-refractivity contribution >= 4 is 0 Å². The minimum Gasteiger partial charge on any atom is -0.497 e. The molecule has 0 atom stereocenters. The first-order valence-electron chi connectivity index (χ1n) is 6.21. The molecule has 0 aliphatic carbocycles. The van der Waals surface area contributed by atoms with Crippen molar-refractivity contribution in [1.82, 2.24) is 9.55 Å². The van der Waals surface area contributed by atoms with Crippen LogP contribution in [0.25, 0.3) is 0 Å². The third-order valence-electron chi connectivity index (χ3n) is 3.01. The largest absolute Gasteiger partial charge is 0.497 e. The molecule has 1 heterocycles. The van der Waals surface area contributed by atoms with Gasteiger partial charge < -0.3 is 4.74 Å². The fourth-order valence-corrected chi connectivity index (χ4v) is 1.82. The third-order valence-corrected chi connectivity index (χ3v) is 3.01. The lowest BCUT2D eigenvalue weighted by Gasteiger charge is -2.13. The molecule has 1 aromatic carbocycles. The Kier molecular flexibility index (Phi) is 4.48. The van der Waals surface area contributed by atoms with Crippen LogP contribution in [-0.2, 0) is 12.5 Å². The summed E-state index contributed by atoms with van der Waals surface area (Å²) < 4.78 is 58.0. The van der Waals surface area contributed by atoms with E-state index in [4.69, 9.17) is 4.74 Å². The molecule has 8 heteroatoms. The Balaban J connectivity index is 2.33. The molecular weight excluding hydrogens is 304 g/mol. The summed E-state index contributed by atoms with van der Waals surface area (Å²) >= 11 is 0. The Labute approximate surface area is 123 Å². The number of alkyl halides is 3. The lowest BCUT2D eigenvalue weighted by molar-refractivity contribution is -0.0360. The summed E-state index contributed by atoms with van der Waals surface area (Å²) in [6, 6.07) is 6.53. The summed E-state index contributed by atoms with van der Waals surface area (Å²) in [6.45, 7) is -2.19. The molecule has 0 spiro atoms. The van der Waals surface area contributed by atoms with Crippen molar-refractivity contribution in [1.29, 1.82) is 0 Å². The molecule has 2 aromatic rings. The zero-order valence-corrected chi connectivity index (χ0v) is 11.5. The Morgan fingerprint density at radius 2 is 1.91 bits per heavy atom. The number of methoxy groups -OCH3 is 1. The number of halogens is 4. The van der Waals surface area contributed by atoms with Gasteiger partial charge in [0.15, 0.2) is 12.4 Å². The Hall–Kier alpha value is -2.38. The van der Waals surface area contributed by atoms with Crippen LogP contribution in [0.4, 0.5) is 17.6 Å². The van der Waals surface area contributed by atoms with Gasteiger partial charge in [0.2, 0.25) is 5.82 Å². The van der Waals surface area contributed by atoms with Gasteiger partial charge in [-0.3, -0.25) is 9.36 Å². The molecule has 0 bridgehead atoms. The van der Waals surface area contributed by atoms with Gasteiger partial charge in [0.1, 0.15) is 5.75 Å². The molecule has 0 unspecified atom stereocenters. The summed E-state index contributed by atoms with van der Waals surface area (Å²) in [6.07, 6.45) is 0.772. The van der Waals surface area contributed by atoms with Gasteiger partial charge in [-0.15, -0.1) is 0 Å². The first-order chi connectivity index (χ1) is 10.4. The zero-order valence-electron chi connectivity index (χ0n) is 11.5. The van der Waals surface area contributed by atoms with E-state index in [2.05, 4.69) is 4.98 Å². The second-order valence-corrected chi connectivity index (χ2v) is 4.53. The molecule has 22 heavy (non-hydrogen) atoms. The van der Waals surface area contributed by atoms with Crippen LogP contribution < -0.4 is 10.3 Å². The second kappa shape index (κ2) is 6.17. The maximum atomic E-state index is 13.7. The van der Waals surface area contributed by atoms with Crippen molar-refractivity contribution in [2.24, 2.45) is 0 Å². The van der Waals surface area contributed by atoms with Crippen LogP contribution in [0.5, 0.6) is 5.75 Å². The van der Waals surface area contributed by atoms with E-state index in [1.165, 1.54) is 7.11 Å². The minimum absolute atomic E-state index is 0.0613. The van der Waals surface area contributed by atoms with Crippen LogP contribution in [-0.4, -0.2) is 23.3 Å². The monoisotopic (exact) mass is 316 g/mol. The van der Waals surface area contributed by atoms with Crippen LogP contribution in [0.1, 0.15) is 11.3 Å². The van der Waals surface area contributed by atoms with Gasteiger partial charge in [0, 0.05) is 0 Å². The van der Waals surface area contributed by atoms with E-state index < -0.39 is 29.7 Å². The Bertz CT molecular complexity index is 714. The van der Waals surface area contributed by atoms with E-state index in [1.807, 2.05) is 0 Å². The van der Waals surface area contributed by atoms with E-state index >= 15 is 0 Å². The third kappa shape index (κ3) is 3.10. The van der Waals surface area contributed by atoms with Crippen molar-refractivity contribution in [3.05, 3.63) is 58.0 Å². The molecule has 0 saturated carbocycles. The maximum Gasteiger partial charge on any atom is 0.320 e. The molecule has 0 amide bonds. The fraction of sp³-hybridized carbons (Fsp3) is 0.286. The van der Waals surface area contributed by atoms with E-state index in [1.54, 1.807) is 24.3 Å². The van der Waals surface area contributed by atoms with Gasteiger partial charge in [-0.25, -0.2) is 9.37 Å². The number of benzene rings is 1. The van der Waals surface area contributed by atoms with Crippen LogP contribution in [0.15, 0.2) is 35.4 Å². The Morgan fingerprint density at radius 3 is 2.45 bits per heavy atom. The first kappa shape index (κ1) is 16.0. The smallest absolute Gasteiger partial charge is 0.320 e. The SMILES string of the molecule is COc1ccc(Cn2cnc(C(F)(F)CF)c(F)c2=O)cc1. The van der Waals surface area contributed by atoms with Crippen LogP contribution in [0, 0.1) is 5.82 Å². The minimum atomic E-state index is -4.12. The predicted molar refractivity (Wildman–Crippen MR) is 70.4 cm³/mol. The number of aromatic nitrogens is 2. The van der Waals surface area contributed by atoms with Gasteiger partial charge in [0.05, 0.1) is 20.0 Å². The highest BCUT2D eigenvalue weighted by Gasteiger charge is 2.38. The highest BCUT2D eigenvalue weighted by molar-refractivity contribution is 5.27. The maximum absolute atomic E-state index is 13.7. The molecule has 0 aliphatic rings. The van der Waals surface area contributed by atoms with Crippen LogP contribution in [0.2, 0.25) is 0 Å². The molecule has 0 N–H and O–H groups in total. The lowest BCUT2D eigenvalue weighted by Crippen LogP contribution is -2.31. The second-order valence-electron chi connectivity index (χ2n) is 4.53. The number of ether oxygens (including phenoxy) is 1. The van der Waals surface area contributed by atoms with Gasteiger partial charge in [-0.1, -0.05) is 12.1 Å². The number of hydrogen-bond acceptors (Lipinski definition) is 3. The summed E-state index contributed by atoms with van der Waals surface area (Å²) in [5, 5.41) is 0. The standard InChI is InChI=1S/C14H12F4N2O2/c1-22-10-4-2-9(3-5-10)6-20-8-19-12(11(16)13(20)21)14(17,18)7-15/h2-5,8H,6-7H2,1H3. The summed E-state index contributed by atoms with van der Waals surface area (Å²) in [7, 11) is 1.49. The normalized spacial score (nSPS) is 11.5. The van der Waals surface area contributed by atoms with Crippen molar-refractivity contribution in [3.63, 3.8) is 0 Å². The number of hydrogen-bond donors (Lipinski definition) is 0. The number of nitrogens with zero attached hydrogens (tertiary/aromatic N) is 2. The van der Waals surface area contributed by atoms with Crippen molar-refractivity contribution < 1.29 is 22.3 Å². The quantitative estimate of drug-likeness (QED) is 0.796.